The first kappa shape index (κ1) is 16.2. The lowest BCUT2D eigenvalue weighted by atomic mass is 10.2. The average molecular weight is 369 g/mol. The highest BCUT2D eigenvalue weighted by Gasteiger charge is 2.32. The van der Waals surface area contributed by atoms with Gasteiger partial charge < -0.3 is 4.74 Å². The summed E-state index contributed by atoms with van der Waals surface area (Å²) in [4.78, 5) is 23.1. The molecule has 10 heteroatoms. The fourth-order valence-electron chi connectivity index (χ4n) is 2.43. The van der Waals surface area contributed by atoms with E-state index in [1.807, 2.05) is 0 Å². The highest BCUT2D eigenvalue weighted by atomic mass is 32.2. The number of pyridine rings is 1. The van der Waals surface area contributed by atoms with Gasteiger partial charge in [-0.2, -0.15) is 0 Å². The van der Waals surface area contributed by atoms with Gasteiger partial charge in [0, 0.05) is 17.8 Å². The zero-order valence-electron chi connectivity index (χ0n) is 13.1. The molecule has 0 bridgehead atoms. The SMILES string of the molecule is O=[N+]([O-])c1cc(C2=NC3=CN=CN(O)C3S2)ccc1Oc1cccnc1. The molecule has 1 aromatic carbocycles. The van der Waals surface area contributed by atoms with Crippen LogP contribution in [0.5, 0.6) is 11.5 Å². The molecule has 26 heavy (non-hydrogen) atoms. The average Bonchev–Trinajstić information content (AvgIpc) is 3.08. The van der Waals surface area contributed by atoms with Crippen LogP contribution in [0.15, 0.2) is 64.6 Å². The molecule has 9 nitrogen and oxygen atoms in total. The van der Waals surface area contributed by atoms with Crippen molar-refractivity contribution in [3.63, 3.8) is 0 Å². The van der Waals surface area contributed by atoms with Gasteiger partial charge in [0.15, 0.2) is 5.37 Å². The molecule has 1 unspecified atom stereocenters. The van der Waals surface area contributed by atoms with E-state index in [9.17, 15) is 15.3 Å². The summed E-state index contributed by atoms with van der Waals surface area (Å²) in [5, 5.41) is 22.4. The van der Waals surface area contributed by atoms with Gasteiger partial charge in [-0.25, -0.2) is 15.0 Å². The monoisotopic (exact) mass is 369 g/mol. The van der Waals surface area contributed by atoms with Crippen molar-refractivity contribution in [2.75, 3.05) is 0 Å². The molecule has 0 fully saturated rings. The highest BCUT2D eigenvalue weighted by Crippen LogP contribution is 2.38. The third kappa shape index (κ3) is 3.03. The van der Waals surface area contributed by atoms with Crippen LogP contribution in [0.1, 0.15) is 5.56 Å². The third-order valence-corrected chi connectivity index (χ3v) is 4.83. The Bertz CT molecular complexity index is 960. The zero-order valence-corrected chi connectivity index (χ0v) is 13.9. The lowest BCUT2D eigenvalue weighted by Gasteiger charge is -2.20. The van der Waals surface area contributed by atoms with E-state index in [0.717, 1.165) is 5.06 Å². The van der Waals surface area contributed by atoms with Crippen molar-refractivity contribution in [2.45, 2.75) is 5.37 Å². The van der Waals surface area contributed by atoms with Crippen LogP contribution in [-0.2, 0) is 0 Å². The van der Waals surface area contributed by atoms with Crippen molar-refractivity contribution >= 4 is 28.8 Å². The maximum absolute atomic E-state index is 11.5. The molecule has 0 radical (unpaired) electrons. The molecule has 2 aliphatic heterocycles. The van der Waals surface area contributed by atoms with E-state index in [1.54, 1.807) is 30.6 Å². The van der Waals surface area contributed by atoms with E-state index in [2.05, 4.69) is 15.0 Å². The minimum absolute atomic E-state index is 0.110. The van der Waals surface area contributed by atoms with E-state index in [1.165, 1.54) is 36.4 Å². The number of fused-ring (bicyclic) bond motifs is 1. The highest BCUT2D eigenvalue weighted by molar-refractivity contribution is 8.15. The quantitative estimate of drug-likeness (QED) is 0.650. The standard InChI is InChI=1S/C16H11N5O4S/c22-20-9-18-8-12-16(20)26-15(19-12)10-3-4-14(13(6-10)21(23)24)25-11-2-1-5-17-7-11/h1-9,16,22H. The fourth-order valence-corrected chi connectivity index (χ4v) is 3.46. The molecule has 3 heterocycles. The molecule has 1 N–H and O–H groups in total. The largest absolute Gasteiger partial charge is 0.449 e. The Hall–Kier alpha value is -3.24. The summed E-state index contributed by atoms with van der Waals surface area (Å²) in [7, 11) is 0. The molecule has 0 spiro atoms. The van der Waals surface area contributed by atoms with Crippen LogP contribution in [0.4, 0.5) is 5.69 Å². The maximum Gasteiger partial charge on any atom is 0.312 e. The number of hydroxylamine groups is 2. The van der Waals surface area contributed by atoms with Gasteiger partial charge in [0.1, 0.15) is 17.1 Å². The number of hydrogen-bond donors (Lipinski definition) is 1. The maximum atomic E-state index is 11.5. The molecular formula is C16H11N5O4S. The van der Waals surface area contributed by atoms with Crippen molar-refractivity contribution in [3.8, 4) is 11.5 Å². The summed E-state index contributed by atoms with van der Waals surface area (Å²) < 4.78 is 5.57. The van der Waals surface area contributed by atoms with Crippen LogP contribution in [0.3, 0.4) is 0 Å². The van der Waals surface area contributed by atoms with Crippen LogP contribution < -0.4 is 4.74 Å². The number of nitro groups is 1. The number of nitrogens with zero attached hydrogens (tertiary/aromatic N) is 5. The molecule has 0 aliphatic carbocycles. The summed E-state index contributed by atoms with van der Waals surface area (Å²) in [6.07, 6.45) is 5.89. The van der Waals surface area contributed by atoms with Crippen molar-refractivity contribution in [1.29, 1.82) is 0 Å². The van der Waals surface area contributed by atoms with E-state index in [-0.39, 0.29) is 11.4 Å². The van der Waals surface area contributed by atoms with Crippen molar-refractivity contribution in [1.82, 2.24) is 10.0 Å². The number of nitro benzene ring substituents is 1. The number of thioether (sulfide) groups is 1. The third-order valence-electron chi connectivity index (χ3n) is 3.60. The first-order chi connectivity index (χ1) is 12.6. The minimum atomic E-state index is -0.511. The fraction of sp³-hybridized carbons (Fsp3) is 0.0625. The van der Waals surface area contributed by atoms with Crippen molar-refractivity contribution in [2.24, 2.45) is 9.98 Å². The summed E-state index contributed by atoms with van der Waals surface area (Å²) in [6.45, 7) is 0. The van der Waals surface area contributed by atoms with E-state index in [4.69, 9.17) is 4.74 Å². The first-order valence-corrected chi connectivity index (χ1v) is 8.32. The van der Waals surface area contributed by atoms with Crippen LogP contribution in [0.25, 0.3) is 0 Å². The Morgan fingerprint density at radius 2 is 2.23 bits per heavy atom. The number of ether oxygens (including phenoxy) is 1. The molecule has 2 aromatic rings. The Balaban J connectivity index is 1.66. The van der Waals surface area contributed by atoms with E-state index in [0.29, 0.717) is 22.1 Å². The summed E-state index contributed by atoms with van der Waals surface area (Å²) in [5.74, 6) is 0.513. The Morgan fingerprint density at radius 1 is 1.35 bits per heavy atom. The second-order valence-corrected chi connectivity index (χ2v) is 6.39. The van der Waals surface area contributed by atoms with Gasteiger partial charge in [-0.05, 0) is 24.3 Å². The summed E-state index contributed by atoms with van der Waals surface area (Å²) in [5.41, 5.74) is 0.952. The molecule has 1 aromatic heterocycles. The van der Waals surface area contributed by atoms with Crippen molar-refractivity contribution < 1.29 is 14.9 Å². The van der Waals surface area contributed by atoms with Gasteiger partial charge >= 0.3 is 5.69 Å². The molecule has 4 rings (SSSR count). The summed E-state index contributed by atoms with van der Waals surface area (Å²) >= 11 is 1.28. The number of aromatic nitrogens is 1. The van der Waals surface area contributed by atoms with Gasteiger partial charge in [-0.3, -0.25) is 20.3 Å². The predicted octanol–water partition coefficient (Wildman–Crippen LogP) is 3.18. The van der Waals surface area contributed by atoms with Crippen LogP contribution >= 0.6 is 11.8 Å². The van der Waals surface area contributed by atoms with E-state index >= 15 is 0 Å². The zero-order chi connectivity index (χ0) is 18.1. The number of rotatable bonds is 4. The number of aliphatic imine (C=N–C) groups is 2. The van der Waals surface area contributed by atoms with Gasteiger partial charge in [0.2, 0.25) is 5.75 Å². The second kappa shape index (κ2) is 6.58. The van der Waals surface area contributed by atoms with Crippen LogP contribution in [0.2, 0.25) is 0 Å². The number of benzene rings is 1. The molecule has 130 valence electrons. The van der Waals surface area contributed by atoms with Gasteiger partial charge in [0.25, 0.3) is 0 Å². The topological polar surface area (TPSA) is 113 Å². The lowest BCUT2D eigenvalue weighted by Crippen LogP contribution is -2.29. The van der Waals surface area contributed by atoms with Crippen LogP contribution in [-0.4, -0.2) is 36.9 Å². The second-order valence-electron chi connectivity index (χ2n) is 5.32. The lowest BCUT2D eigenvalue weighted by molar-refractivity contribution is -0.385. The minimum Gasteiger partial charge on any atom is -0.449 e. The smallest absolute Gasteiger partial charge is 0.312 e. The van der Waals surface area contributed by atoms with Gasteiger partial charge in [-0.15, -0.1) is 0 Å². The summed E-state index contributed by atoms with van der Waals surface area (Å²) in [6, 6.07) is 7.95. The van der Waals surface area contributed by atoms with Crippen molar-refractivity contribution in [3.05, 3.63) is 70.3 Å². The Kier molecular flexibility index (Phi) is 4.11. The first-order valence-electron chi connectivity index (χ1n) is 7.44. The predicted molar refractivity (Wildman–Crippen MR) is 95.5 cm³/mol. The number of hydrogen-bond acceptors (Lipinski definition) is 9. The van der Waals surface area contributed by atoms with Gasteiger partial charge in [0.05, 0.1) is 23.0 Å². The molecular weight excluding hydrogens is 358 g/mol. The molecule has 2 aliphatic rings. The molecule has 0 amide bonds. The molecule has 0 saturated carbocycles. The van der Waals surface area contributed by atoms with E-state index < -0.39 is 10.3 Å². The Labute approximate surface area is 151 Å². The molecule has 0 saturated heterocycles. The Morgan fingerprint density at radius 3 is 2.96 bits per heavy atom. The van der Waals surface area contributed by atoms with Gasteiger partial charge in [-0.1, -0.05) is 11.8 Å². The molecule has 1 atom stereocenters. The normalized spacial score (nSPS) is 18.2. The van der Waals surface area contributed by atoms with Crippen LogP contribution in [0, 0.1) is 10.1 Å².